The van der Waals surface area contributed by atoms with E-state index in [0.717, 1.165) is 52.1 Å². The molecule has 4 aromatic carbocycles. The van der Waals surface area contributed by atoms with Crippen molar-refractivity contribution in [2.24, 2.45) is 11.5 Å². The highest BCUT2D eigenvalue weighted by Crippen LogP contribution is 2.24. The third-order valence-electron chi connectivity index (χ3n) is 7.72. The zero-order valence-electron chi connectivity index (χ0n) is 24.2. The lowest BCUT2D eigenvalue weighted by atomic mass is 10.1. The molecule has 5 rings (SSSR count). The Morgan fingerprint density at radius 2 is 1.53 bits per heavy atom. The fourth-order valence-corrected chi connectivity index (χ4v) is 5.61. The summed E-state index contributed by atoms with van der Waals surface area (Å²) in [5, 5.41) is 7.65. The molecule has 0 fully saturated rings. The minimum Gasteiger partial charge on any atom is -0.384 e. The van der Waals surface area contributed by atoms with E-state index in [1.807, 2.05) is 83.8 Å². The fourth-order valence-electron chi connectivity index (χ4n) is 5.37. The summed E-state index contributed by atoms with van der Waals surface area (Å²) in [5.41, 5.74) is 18.1. The number of amides is 1. The molecule has 0 saturated carbocycles. The minimum absolute atomic E-state index is 0.0252. The maximum absolute atomic E-state index is 13.6. The summed E-state index contributed by atoms with van der Waals surface area (Å²) in [5.74, 6) is 0.974. The van der Waals surface area contributed by atoms with Gasteiger partial charge in [-0.2, -0.15) is 0 Å². The number of nitrogens with zero attached hydrogens (tertiary/aromatic N) is 3. The second-order valence-electron chi connectivity index (χ2n) is 10.7. The Kier molecular flexibility index (Phi) is 9.92. The molecular weight excluding hydrogens is 552 g/mol. The van der Waals surface area contributed by atoms with Gasteiger partial charge in [0.25, 0.3) is 5.91 Å². The van der Waals surface area contributed by atoms with Crippen LogP contribution in [0.3, 0.4) is 0 Å². The zero-order chi connectivity index (χ0) is 30.2. The van der Waals surface area contributed by atoms with E-state index in [0.29, 0.717) is 43.7 Å². The molecule has 8 heteroatoms. The van der Waals surface area contributed by atoms with Crippen LogP contribution in [0.1, 0.15) is 44.9 Å². The average Bonchev–Trinajstić information content (AvgIpc) is 3.37. The summed E-state index contributed by atoms with van der Waals surface area (Å²) >= 11 is 4.69. The standard InChI is InChI=1S/C35H38N6OS/c36-20-22-40(21-6-9-25-7-2-1-3-8-25)35(42)28-17-18-31-30(23-28)39-33(41(31)24-29-10-4-5-11-32(29)43)19-14-26-12-15-27(16-13-26)34(37)38/h1-5,7-8,10-13,15-18,23,43H,6,9,14,19-22,24,36H2,(H3,37,38). The van der Waals surface area contributed by atoms with Crippen molar-refractivity contribution < 1.29 is 4.79 Å². The number of hydrogen-bond acceptors (Lipinski definition) is 5. The van der Waals surface area contributed by atoms with Gasteiger partial charge in [-0.05, 0) is 60.2 Å². The van der Waals surface area contributed by atoms with Crippen LogP contribution in [0, 0.1) is 5.41 Å². The molecule has 1 heterocycles. The van der Waals surface area contributed by atoms with Crippen molar-refractivity contribution in [2.45, 2.75) is 37.1 Å². The first-order valence-corrected chi connectivity index (χ1v) is 15.1. The average molecular weight is 591 g/mol. The lowest BCUT2D eigenvalue weighted by molar-refractivity contribution is 0.0758. The summed E-state index contributed by atoms with van der Waals surface area (Å²) in [6, 6.07) is 32.0. The molecule has 5 N–H and O–H groups in total. The molecule has 5 aromatic rings. The van der Waals surface area contributed by atoms with Gasteiger partial charge >= 0.3 is 0 Å². The molecule has 1 amide bonds. The van der Waals surface area contributed by atoms with E-state index < -0.39 is 0 Å². The minimum atomic E-state index is -0.0252. The van der Waals surface area contributed by atoms with E-state index in [2.05, 4.69) is 35.4 Å². The molecule has 220 valence electrons. The molecule has 7 nitrogen and oxygen atoms in total. The summed E-state index contributed by atoms with van der Waals surface area (Å²) < 4.78 is 2.22. The molecule has 0 atom stereocenters. The Morgan fingerprint density at radius 1 is 0.837 bits per heavy atom. The van der Waals surface area contributed by atoms with Gasteiger partial charge in [0.15, 0.2) is 0 Å². The predicted octanol–water partition coefficient (Wildman–Crippen LogP) is 5.48. The Morgan fingerprint density at radius 3 is 2.26 bits per heavy atom. The van der Waals surface area contributed by atoms with Gasteiger partial charge in [0, 0.05) is 42.1 Å². The summed E-state index contributed by atoms with van der Waals surface area (Å²) in [6.45, 7) is 2.19. The number of thiol groups is 1. The van der Waals surface area contributed by atoms with Crippen molar-refractivity contribution >= 4 is 35.4 Å². The monoisotopic (exact) mass is 590 g/mol. The van der Waals surface area contributed by atoms with Crippen molar-refractivity contribution in [1.82, 2.24) is 14.5 Å². The Bertz CT molecular complexity index is 1700. The van der Waals surface area contributed by atoms with Gasteiger partial charge in [0.1, 0.15) is 11.7 Å². The summed E-state index contributed by atoms with van der Waals surface area (Å²) in [6.07, 6.45) is 3.27. The van der Waals surface area contributed by atoms with Crippen LogP contribution in [-0.2, 0) is 25.8 Å². The molecule has 0 aliphatic rings. The fraction of sp³-hybridized carbons (Fsp3) is 0.229. The number of amidine groups is 1. The van der Waals surface area contributed by atoms with Crippen LogP contribution in [0.4, 0.5) is 0 Å². The number of carbonyl (C=O) groups is 1. The molecule has 0 bridgehead atoms. The van der Waals surface area contributed by atoms with Gasteiger partial charge < -0.3 is 20.9 Å². The first kappa shape index (κ1) is 30.1. The van der Waals surface area contributed by atoms with Crippen LogP contribution in [-0.4, -0.2) is 45.8 Å². The molecule has 0 spiro atoms. The highest BCUT2D eigenvalue weighted by molar-refractivity contribution is 7.80. The van der Waals surface area contributed by atoms with Crippen LogP contribution in [0.15, 0.2) is 102 Å². The number of rotatable bonds is 13. The number of nitrogen functional groups attached to an aromatic ring is 1. The van der Waals surface area contributed by atoms with Gasteiger partial charge in [0.2, 0.25) is 0 Å². The van der Waals surface area contributed by atoms with E-state index in [1.54, 1.807) is 0 Å². The highest BCUT2D eigenvalue weighted by Gasteiger charge is 2.19. The summed E-state index contributed by atoms with van der Waals surface area (Å²) in [4.78, 5) is 21.5. The van der Waals surface area contributed by atoms with Gasteiger partial charge in [-0.25, -0.2) is 4.98 Å². The maximum Gasteiger partial charge on any atom is 0.253 e. The SMILES string of the molecule is N=C(N)c1ccc(CCc2nc3cc(C(=O)N(CCN)CCCc4ccccc4)ccc3n2Cc2ccccc2S)cc1. The third-order valence-corrected chi connectivity index (χ3v) is 8.16. The van der Waals surface area contributed by atoms with E-state index in [9.17, 15) is 4.79 Å². The Labute approximate surface area is 258 Å². The quantitative estimate of drug-likeness (QED) is 0.0827. The number of benzene rings is 4. The number of carbonyl (C=O) groups excluding carboxylic acids is 1. The van der Waals surface area contributed by atoms with Crippen LogP contribution >= 0.6 is 12.6 Å². The van der Waals surface area contributed by atoms with Gasteiger partial charge in [-0.3, -0.25) is 10.2 Å². The normalized spacial score (nSPS) is 11.1. The van der Waals surface area contributed by atoms with E-state index in [1.165, 1.54) is 5.56 Å². The summed E-state index contributed by atoms with van der Waals surface area (Å²) in [7, 11) is 0. The number of imidazole rings is 1. The molecule has 0 saturated heterocycles. The number of nitrogens with one attached hydrogen (secondary N) is 1. The lowest BCUT2D eigenvalue weighted by Gasteiger charge is -2.22. The van der Waals surface area contributed by atoms with E-state index >= 15 is 0 Å². The van der Waals surface area contributed by atoms with Crippen molar-refractivity contribution in [3.8, 4) is 0 Å². The largest absolute Gasteiger partial charge is 0.384 e. The van der Waals surface area contributed by atoms with Crippen molar-refractivity contribution in [2.75, 3.05) is 19.6 Å². The predicted molar refractivity (Wildman–Crippen MR) is 177 cm³/mol. The molecular formula is C35H38N6OS. The van der Waals surface area contributed by atoms with Crippen molar-refractivity contribution in [3.05, 3.63) is 131 Å². The lowest BCUT2D eigenvalue weighted by Crippen LogP contribution is -2.36. The molecule has 1 aromatic heterocycles. The van der Waals surface area contributed by atoms with Gasteiger partial charge in [0.05, 0.1) is 17.6 Å². The number of aryl methyl sites for hydroxylation is 3. The van der Waals surface area contributed by atoms with Crippen molar-refractivity contribution in [1.29, 1.82) is 5.41 Å². The number of nitrogens with two attached hydrogens (primary N) is 2. The highest BCUT2D eigenvalue weighted by atomic mass is 32.1. The number of aromatic nitrogens is 2. The molecule has 0 aliphatic heterocycles. The first-order valence-electron chi connectivity index (χ1n) is 14.7. The number of hydrogen-bond donors (Lipinski definition) is 4. The smallest absolute Gasteiger partial charge is 0.253 e. The third kappa shape index (κ3) is 7.52. The molecule has 0 radical (unpaired) electrons. The van der Waals surface area contributed by atoms with Crippen LogP contribution in [0.2, 0.25) is 0 Å². The Hall–Kier alpha value is -4.40. The van der Waals surface area contributed by atoms with Crippen LogP contribution in [0.25, 0.3) is 11.0 Å². The Balaban J connectivity index is 1.40. The van der Waals surface area contributed by atoms with Gasteiger partial charge in [-0.1, -0.05) is 72.8 Å². The van der Waals surface area contributed by atoms with E-state index in [4.69, 9.17) is 21.9 Å². The zero-order valence-corrected chi connectivity index (χ0v) is 25.1. The molecule has 0 unspecified atom stereocenters. The molecule has 43 heavy (non-hydrogen) atoms. The van der Waals surface area contributed by atoms with Gasteiger partial charge in [-0.15, -0.1) is 12.6 Å². The first-order chi connectivity index (χ1) is 20.9. The molecule has 0 aliphatic carbocycles. The van der Waals surface area contributed by atoms with Crippen LogP contribution in [0.5, 0.6) is 0 Å². The maximum atomic E-state index is 13.6. The van der Waals surface area contributed by atoms with Crippen LogP contribution < -0.4 is 11.5 Å². The van der Waals surface area contributed by atoms with E-state index in [-0.39, 0.29) is 11.7 Å². The number of fused-ring (bicyclic) bond motifs is 1. The topological polar surface area (TPSA) is 114 Å². The second-order valence-corrected chi connectivity index (χ2v) is 11.2. The van der Waals surface area contributed by atoms with Crippen molar-refractivity contribution in [3.63, 3.8) is 0 Å². The second kappa shape index (κ2) is 14.2.